The lowest BCUT2D eigenvalue weighted by Gasteiger charge is -2.38. The van der Waals surface area contributed by atoms with Gasteiger partial charge in [-0.1, -0.05) is 0 Å². The minimum atomic E-state index is -0.748. The highest BCUT2D eigenvalue weighted by Crippen LogP contribution is 2.36. The van der Waals surface area contributed by atoms with E-state index in [1.54, 1.807) is 19.2 Å². The van der Waals surface area contributed by atoms with Gasteiger partial charge in [-0.15, -0.1) is 0 Å². The minimum Gasteiger partial charge on any atom is -0.497 e. The normalized spacial score (nSPS) is 22.4. The average Bonchev–Trinajstić information content (AvgIpc) is 3.62. The summed E-state index contributed by atoms with van der Waals surface area (Å²) in [4.78, 5) is 18.1. The van der Waals surface area contributed by atoms with Crippen molar-refractivity contribution in [1.29, 1.82) is 0 Å². The molecule has 1 aliphatic carbocycles. The van der Waals surface area contributed by atoms with Crippen LogP contribution in [0, 0.1) is 17.7 Å². The third-order valence-electron chi connectivity index (χ3n) is 6.99. The minimum absolute atomic E-state index is 0.105. The maximum atomic E-state index is 14.8. The molecule has 0 radical (unpaired) electrons. The van der Waals surface area contributed by atoms with Gasteiger partial charge in [-0.05, 0) is 68.7 Å². The number of carboxylic acid groups (broad SMARTS) is 1. The predicted molar refractivity (Wildman–Crippen MR) is 130 cm³/mol. The second-order valence-corrected chi connectivity index (χ2v) is 10.8. The van der Waals surface area contributed by atoms with Crippen molar-refractivity contribution in [2.24, 2.45) is 17.6 Å². The van der Waals surface area contributed by atoms with E-state index in [0.717, 1.165) is 43.5 Å². The van der Waals surface area contributed by atoms with Crippen LogP contribution in [0.3, 0.4) is 0 Å². The number of aromatic nitrogens is 1. The van der Waals surface area contributed by atoms with Gasteiger partial charge >= 0.3 is 5.97 Å². The summed E-state index contributed by atoms with van der Waals surface area (Å²) in [7, 11) is 1.58. The van der Waals surface area contributed by atoms with Crippen LogP contribution in [0.15, 0.2) is 24.4 Å². The molecule has 1 aromatic heterocycles. The Hall–Kier alpha value is -1.90. The number of nitrogens with zero attached hydrogens (tertiary/aromatic N) is 2. The van der Waals surface area contributed by atoms with Crippen LogP contribution in [0.5, 0.6) is 5.75 Å². The molecule has 0 bridgehead atoms. The van der Waals surface area contributed by atoms with E-state index in [1.165, 1.54) is 19.0 Å². The molecular weight excluding hydrogens is 441 g/mol. The number of methoxy groups -OCH3 is 1. The van der Waals surface area contributed by atoms with Crippen LogP contribution >= 0.6 is 11.8 Å². The Bertz CT molecular complexity index is 971. The maximum Gasteiger partial charge on any atom is 0.303 e. The summed E-state index contributed by atoms with van der Waals surface area (Å²) in [5, 5.41) is 11.0. The lowest BCUT2D eigenvalue weighted by molar-refractivity contribution is -0.139. The number of ether oxygens (including phenoxy) is 1. The number of nitrogens with two attached hydrogens (primary N) is 1. The van der Waals surface area contributed by atoms with Crippen molar-refractivity contribution in [3.05, 3.63) is 35.8 Å². The fraction of sp³-hybridized carbons (Fsp3) is 0.600. The number of aliphatic carboxylic acids is 1. The average molecular weight is 476 g/mol. The van der Waals surface area contributed by atoms with E-state index in [-0.39, 0.29) is 18.3 Å². The Morgan fingerprint density at radius 1 is 1.36 bits per heavy atom. The molecule has 3 N–H and O–H groups in total. The zero-order chi connectivity index (χ0) is 23.4. The van der Waals surface area contributed by atoms with Crippen LogP contribution in [0.25, 0.3) is 10.9 Å². The fourth-order valence-corrected chi connectivity index (χ4v) is 6.15. The molecule has 2 heterocycles. The van der Waals surface area contributed by atoms with Crippen molar-refractivity contribution < 1.29 is 19.0 Å². The molecule has 33 heavy (non-hydrogen) atoms. The number of fused-ring (bicyclic) bond motifs is 1. The number of hydrogen-bond acceptors (Lipinski definition) is 6. The first-order valence-corrected chi connectivity index (χ1v) is 12.9. The zero-order valence-corrected chi connectivity index (χ0v) is 20.0. The lowest BCUT2D eigenvalue weighted by atomic mass is 9.79. The number of rotatable bonds is 11. The van der Waals surface area contributed by atoms with Crippen molar-refractivity contribution in [2.45, 2.75) is 49.8 Å². The van der Waals surface area contributed by atoms with Crippen LogP contribution in [0.4, 0.5) is 4.39 Å². The molecule has 180 valence electrons. The largest absolute Gasteiger partial charge is 0.497 e. The van der Waals surface area contributed by atoms with E-state index in [2.05, 4.69) is 9.88 Å². The molecule has 0 spiro atoms. The predicted octanol–water partition coefficient (Wildman–Crippen LogP) is 4.47. The van der Waals surface area contributed by atoms with Crippen molar-refractivity contribution in [3.8, 4) is 5.75 Å². The molecule has 1 aromatic carbocycles. The van der Waals surface area contributed by atoms with Gasteiger partial charge in [0, 0.05) is 47.5 Å². The molecular formula is C25H34FN3O3S. The number of pyridine rings is 1. The number of carbonyl (C=O) groups is 1. The molecule has 1 aliphatic heterocycles. The highest BCUT2D eigenvalue weighted by molar-refractivity contribution is 8.00. The Morgan fingerprint density at radius 2 is 2.18 bits per heavy atom. The number of likely N-dealkylation sites (tertiary alicyclic amines) is 1. The van der Waals surface area contributed by atoms with Crippen LogP contribution in [-0.2, 0) is 4.79 Å². The van der Waals surface area contributed by atoms with E-state index >= 15 is 0 Å². The summed E-state index contributed by atoms with van der Waals surface area (Å²) in [5.74, 6) is 0.989. The molecule has 1 saturated carbocycles. The molecule has 0 unspecified atom stereocenters. The summed E-state index contributed by atoms with van der Waals surface area (Å²) in [6.45, 7) is 2.84. The third kappa shape index (κ3) is 6.37. The summed E-state index contributed by atoms with van der Waals surface area (Å²) >= 11 is 2.04. The van der Waals surface area contributed by atoms with Gasteiger partial charge in [-0.25, -0.2) is 4.39 Å². The zero-order valence-electron chi connectivity index (χ0n) is 19.2. The molecule has 2 aliphatic rings. The van der Waals surface area contributed by atoms with Gasteiger partial charge in [0.05, 0.1) is 18.8 Å². The van der Waals surface area contributed by atoms with Crippen molar-refractivity contribution in [1.82, 2.24) is 9.88 Å². The van der Waals surface area contributed by atoms with Crippen LogP contribution in [-0.4, -0.2) is 58.7 Å². The smallest absolute Gasteiger partial charge is 0.303 e. The molecule has 8 heteroatoms. The molecule has 3 atom stereocenters. The molecule has 1 saturated heterocycles. The second-order valence-electron chi connectivity index (χ2n) is 9.36. The number of halogens is 1. The van der Waals surface area contributed by atoms with E-state index in [0.29, 0.717) is 28.6 Å². The third-order valence-corrected chi connectivity index (χ3v) is 8.35. The highest BCUT2D eigenvalue weighted by atomic mass is 32.2. The summed E-state index contributed by atoms with van der Waals surface area (Å²) in [5.41, 5.74) is 7.65. The fourth-order valence-electron chi connectivity index (χ4n) is 4.99. The number of piperidine rings is 1. The molecule has 2 aromatic rings. The van der Waals surface area contributed by atoms with Crippen LogP contribution in [0.2, 0.25) is 0 Å². The van der Waals surface area contributed by atoms with Gasteiger partial charge < -0.3 is 20.5 Å². The lowest BCUT2D eigenvalue weighted by Crippen LogP contribution is -2.42. The van der Waals surface area contributed by atoms with Gasteiger partial charge in [0.25, 0.3) is 0 Å². The van der Waals surface area contributed by atoms with Crippen molar-refractivity contribution in [3.63, 3.8) is 0 Å². The molecule has 0 amide bonds. The molecule has 2 fully saturated rings. The van der Waals surface area contributed by atoms with Gasteiger partial charge in [-0.3, -0.25) is 9.78 Å². The SMILES string of the molecule is COc1ccc2ncc(F)c([C@@H](N)CC[C@@H]3CCN(CCSC4CC4)C[C@@H]3CC(=O)O)c2c1. The Labute approximate surface area is 199 Å². The Kier molecular flexibility index (Phi) is 8.09. The summed E-state index contributed by atoms with van der Waals surface area (Å²) in [6, 6.07) is 4.91. The maximum absolute atomic E-state index is 14.8. The van der Waals surface area contributed by atoms with E-state index in [9.17, 15) is 14.3 Å². The molecule has 4 rings (SSSR count). The van der Waals surface area contributed by atoms with Crippen molar-refractivity contribution >= 4 is 28.6 Å². The van der Waals surface area contributed by atoms with Crippen molar-refractivity contribution in [2.75, 3.05) is 32.5 Å². The van der Waals surface area contributed by atoms with Gasteiger partial charge in [0.15, 0.2) is 0 Å². The van der Waals surface area contributed by atoms with E-state index in [4.69, 9.17) is 10.5 Å². The summed E-state index contributed by atoms with van der Waals surface area (Å²) < 4.78 is 20.1. The number of thioether (sulfide) groups is 1. The van der Waals surface area contributed by atoms with Crippen LogP contribution < -0.4 is 10.5 Å². The first kappa shape index (κ1) is 24.2. The first-order valence-electron chi connectivity index (χ1n) is 11.9. The van der Waals surface area contributed by atoms with Crippen LogP contribution in [0.1, 0.15) is 50.1 Å². The van der Waals surface area contributed by atoms with Gasteiger partial charge in [-0.2, -0.15) is 11.8 Å². The van der Waals surface area contributed by atoms with Gasteiger partial charge in [0.1, 0.15) is 11.6 Å². The number of hydrogen-bond donors (Lipinski definition) is 2. The summed E-state index contributed by atoms with van der Waals surface area (Å²) in [6.07, 6.45) is 6.45. The first-order chi connectivity index (χ1) is 15.9. The topological polar surface area (TPSA) is 88.7 Å². The Morgan fingerprint density at radius 3 is 2.91 bits per heavy atom. The van der Waals surface area contributed by atoms with E-state index < -0.39 is 17.8 Å². The monoisotopic (exact) mass is 475 g/mol. The standard InChI is InChI=1S/C25H34FN3O3S/c1-32-18-3-7-23-20(13-18)25(21(26)14-28-23)22(27)6-2-16-8-9-29(10-11-33-19-4-5-19)15-17(16)12-24(30)31/h3,7,13-14,16-17,19,22H,2,4-6,8-12,15,27H2,1H3,(H,30,31)/t16-,17+,22+/m1/s1. The Balaban J connectivity index is 1.40. The second kappa shape index (κ2) is 11.0. The van der Waals surface area contributed by atoms with E-state index in [1.807, 2.05) is 17.8 Å². The highest BCUT2D eigenvalue weighted by Gasteiger charge is 2.31. The number of carboxylic acids is 1. The van der Waals surface area contributed by atoms with Gasteiger partial charge in [0.2, 0.25) is 0 Å². The molecule has 6 nitrogen and oxygen atoms in total. The number of benzene rings is 1. The quantitative estimate of drug-likeness (QED) is 0.496.